The molecule has 2 bridgehead atoms. The fourth-order valence-corrected chi connectivity index (χ4v) is 3.78. The van der Waals surface area contributed by atoms with Crippen LogP contribution in [-0.4, -0.2) is 50.8 Å². The van der Waals surface area contributed by atoms with Crippen LogP contribution in [0.5, 0.6) is 11.6 Å². The van der Waals surface area contributed by atoms with Crippen LogP contribution in [0.15, 0.2) is 24.7 Å². The standard InChI is InChI=1S/C20H21FN6O3/c1-3-14-10-29-16-9-27-17-15(7-24-27)19(28)22-5-11(2)30-20-12(4-13(21)6-23-20)8-26(14)18(16)25-17/h4,6-7,9,11,14H,3,5,8,10H2,1-2H3,(H,22,28)/t11-,14+/m0/s1. The van der Waals surface area contributed by atoms with Crippen molar-refractivity contribution in [2.45, 2.75) is 39.0 Å². The van der Waals surface area contributed by atoms with Gasteiger partial charge in [0.2, 0.25) is 5.88 Å². The molecule has 1 N–H and O–H groups in total. The second kappa shape index (κ2) is 7.12. The molecule has 0 unspecified atom stereocenters. The first kappa shape index (κ1) is 18.6. The molecule has 2 aliphatic heterocycles. The highest BCUT2D eigenvalue weighted by atomic mass is 19.1. The van der Waals surface area contributed by atoms with Crippen molar-refractivity contribution in [3.05, 3.63) is 41.6 Å². The van der Waals surface area contributed by atoms with Crippen molar-refractivity contribution >= 4 is 17.4 Å². The molecule has 0 aliphatic carbocycles. The number of anilines is 1. The second-order valence-corrected chi connectivity index (χ2v) is 7.51. The molecule has 0 radical (unpaired) electrons. The molecular weight excluding hydrogens is 391 g/mol. The van der Waals surface area contributed by atoms with Gasteiger partial charge in [0.1, 0.15) is 24.1 Å². The van der Waals surface area contributed by atoms with Crippen LogP contribution in [0.4, 0.5) is 10.2 Å². The molecule has 2 aliphatic rings. The molecule has 3 aromatic heterocycles. The Kier molecular flexibility index (Phi) is 4.41. The van der Waals surface area contributed by atoms with Gasteiger partial charge in [0.05, 0.1) is 37.7 Å². The second-order valence-electron chi connectivity index (χ2n) is 7.51. The number of aromatic nitrogens is 4. The molecule has 5 rings (SSSR count). The quantitative estimate of drug-likeness (QED) is 0.653. The fraction of sp³-hybridized carbons (Fsp3) is 0.400. The zero-order valence-corrected chi connectivity index (χ0v) is 16.6. The van der Waals surface area contributed by atoms with E-state index in [0.29, 0.717) is 47.4 Å². The number of ether oxygens (including phenoxy) is 2. The van der Waals surface area contributed by atoms with E-state index in [0.717, 1.165) is 12.6 Å². The zero-order chi connectivity index (χ0) is 20.8. The van der Waals surface area contributed by atoms with E-state index in [4.69, 9.17) is 14.5 Å². The van der Waals surface area contributed by atoms with E-state index in [-0.39, 0.29) is 24.6 Å². The number of fused-ring (bicyclic) bond motifs is 1. The van der Waals surface area contributed by atoms with Gasteiger partial charge in [-0.15, -0.1) is 0 Å². The van der Waals surface area contributed by atoms with Crippen LogP contribution >= 0.6 is 0 Å². The van der Waals surface area contributed by atoms with Crippen LogP contribution in [-0.2, 0) is 6.54 Å². The van der Waals surface area contributed by atoms with Crippen LogP contribution in [0.3, 0.4) is 0 Å². The van der Waals surface area contributed by atoms with Gasteiger partial charge in [0.15, 0.2) is 17.2 Å². The lowest BCUT2D eigenvalue weighted by Gasteiger charge is -2.37. The minimum atomic E-state index is -0.439. The molecule has 3 aromatic rings. The Bertz CT molecular complexity index is 1130. The SMILES string of the molecule is CC[C@@H]1COc2cn3ncc4c3nc2N1Cc1cc(F)cnc1O[C@@H](C)CNC4=O. The van der Waals surface area contributed by atoms with Gasteiger partial charge >= 0.3 is 0 Å². The van der Waals surface area contributed by atoms with Crippen LogP contribution < -0.4 is 19.7 Å². The van der Waals surface area contributed by atoms with E-state index in [2.05, 4.69) is 27.2 Å². The topological polar surface area (TPSA) is 93.9 Å². The summed E-state index contributed by atoms with van der Waals surface area (Å²) in [5.41, 5.74) is 1.40. The lowest BCUT2D eigenvalue weighted by atomic mass is 10.1. The van der Waals surface area contributed by atoms with E-state index >= 15 is 0 Å². The third-order valence-electron chi connectivity index (χ3n) is 5.40. The summed E-state index contributed by atoms with van der Waals surface area (Å²) in [4.78, 5) is 23.7. The highest BCUT2D eigenvalue weighted by Crippen LogP contribution is 2.36. The smallest absolute Gasteiger partial charge is 0.256 e. The summed E-state index contributed by atoms with van der Waals surface area (Å²) >= 11 is 0. The number of nitrogens with one attached hydrogen (secondary N) is 1. The number of nitrogens with zero attached hydrogens (tertiary/aromatic N) is 5. The van der Waals surface area contributed by atoms with E-state index in [1.165, 1.54) is 16.8 Å². The predicted octanol–water partition coefficient (Wildman–Crippen LogP) is 1.95. The zero-order valence-electron chi connectivity index (χ0n) is 16.6. The summed E-state index contributed by atoms with van der Waals surface area (Å²) in [5.74, 6) is 0.736. The van der Waals surface area contributed by atoms with Crippen LogP contribution in [0.25, 0.3) is 5.65 Å². The Labute approximate surface area is 171 Å². The number of pyridine rings is 1. The first-order valence-corrected chi connectivity index (χ1v) is 9.90. The number of carbonyl (C=O) groups excluding carboxylic acids is 1. The number of amides is 1. The first-order valence-electron chi connectivity index (χ1n) is 9.90. The van der Waals surface area contributed by atoms with Gasteiger partial charge in [-0.25, -0.2) is 18.9 Å². The third kappa shape index (κ3) is 3.08. The minimum Gasteiger partial charge on any atom is -0.486 e. The van der Waals surface area contributed by atoms with Crippen molar-refractivity contribution in [2.75, 3.05) is 18.1 Å². The lowest BCUT2D eigenvalue weighted by Crippen LogP contribution is -2.43. The summed E-state index contributed by atoms with van der Waals surface area (Å²) in [6.07, 6.45) is 4.77. The highest BCUT2D eigenvalue weighted by Gasteiger charge is 2.31. The van der Waals surface area contributed by atoms with Gasteiger partial charge < -0.3 is 19.7 Å². The minimum absolute atomic E-state index is 0.0197. The molecule has 156 valence electrons. The van der Waals surface area contributed by atoms with Gasteiger partial charge in [0, 0.05) is 5.56 Å². The number of carbonyl (C=O) groups is 1. The predicted molar refractivity (Wildman–Crippen MR) is 105 cm³/mol. The van der Waals surface area contributed by atoms with Crippen molar-refractivity contribution in [2.24, 2.45) is 0 Å². The summed E-state index contributed by atoms with van der Waals surface area (Å²) in [6.45, 7) is 4.93. The fourth-order valence-electron chi connectivity index (χ4n) is 3.78. The molecule has 0 spiro atoms. The largest absolute Gasteiger partial charge is 0.486 e. The summed E-state index contributed by atoms with van der Waals surface area (Å²) in [5, 5.41) is 7.09. The maximum Gasteiger partial charge on any atom is 0.256 e. The average Bonchev–Trinajstić information content (AvgIpc) is 3.15. The maximum atomic E-state index is 14.0. The Morgan fingerprint density at radius 1 is 1.37 bits per heavy atom. The third-order valence-corrected chi connectivity index (χ3v) is 5.40. The monoisotopic (exact) mass is 412 g/mol. The number of hydrogen-bond donors (Lipinski definition) is 1. The van der Waals surface area contributed by atoms with Crippen molar-refractivity contribution in [1.82, 2.24) is 24.9 Å². The normalized spacial score (nSPS) is 21.0. The van der Waals surface area contributed by atoms with Gasteiger partial charge in [-0.1, -0.05) is 6.92 Å². The number of hydrogen-bond acceptors (Lipinski definition) is 7. The Morgan fingerprint density at radius 2 is 2.23 bits per heavy atom. The van der Waals surface area contributed by atoms with E-state index < -0.39 is 5.82 Å². The van der Waals surface area contributed by atoms with Crippen LogP contribution in [0.2, 0.25) is 0 Å². The Morgan fingerprint density at radius 3 is 3.07 bits per heavy atom. The molecule has 5 heterocycles. The molecule has 0 saturated heterocycles. The van der Waals surface area contributed by atoms with Crippen molar-refractivity contribution < 1.29 is 18.7 Å². The van der Waals surface area contributed by atoms with Gasteiger partial charge in [-0.3, -0.25) is 4.79 Å². The van der Waals surface area contributed by atoms with Gasteiger partial charge in [0.25, 0.3) is 5.91 Å². The lowest BCUT2D eigenvalue weighted by molar-refractivity contribution is 0.0932. The van der Waals surface area contributed by atoms with Gasteiger partial charge in [-0.05, 0) is 19.4 Å². The molecule has 0 saturated carbocycles. The summed E-state index contributed by atoms with van der Waals surface area (Å²) in [6, 6.07) is 1.45. The Balaban J connectivity index is 1.70. The van der Waals surface area contributed by atoms with E-state index in [9.17, 15) is 9.18 Å². The summed E-state index contributed by atoms with van der Waals surface area (Å²) < 4.78 is 27.4. The maximum absolute atomic E-state index is 14.0. The van der Waals surface area contributed by atoms with E-state index in [1.807, 2.05) is 6.92 Å². The Hall–Kier alpha value is -3.43. The molecule has 0 aromatic carbocycles. The number of rotatable bonds is 1. The molecule has 2 atom stereocenters. The van der Waals surface area contributed by atoms with Crippen molar-refractivity contribution in [1.29, 1.82) is 0 Å². The molecule has 1 amide bonds. The van der Waals surface area contributed by atoms with Crippen LogP contribution in [0, 0.1) is 5.82 Å². The summed E-state index contributed by atoms with van der Waals surface area (Å²) in [7, 11) is 0. The molecule has 9 nitrogen and oxygen atoms in total. The van der Waals surface area contributed by atoms with E-state index in [1.54, 1.807) is 6.20 Å². The van der Waals surface area contributed by atoms with Gasteiger partial charge in [-0.2, -0.15) is 5.10 Å². The van der Waals surface area contributed by atoms with Crippen LogP contribution in [0.1, 0.15) is 36.2 Å². The molecular formula is C20H21FN6O3. The first-order chi connectivity index (χ1) is 14.5. The molecule has 10 heteroatoms. The molecule has 0 fully saturated rings. The highest BCUT2D eigenvalue weighted by molar-refractivity contribution is 5.99. The number of halogens is 1. The van der Waals surface area contributed by atoms with Crippen molar-refractivity contribution in [3.8, 4) is 11.6 Å². The van der Waals surface area contributed by atoms with Crippen molar-refractivity contribution in [3.63, 3.8) is 0 Å². The molecule has 30 heavy (non-hydrogen) atoms. The average molecular weight is 412 g/mol.